The molecule has 0 bridgehead atoms. The van der Waals surface area contributed by atoms with Gasteiger partial charge in [-0.25, -0.2) is 4.39 Å². The van der Waals surface area contributed by atoms with Gasteiger partial charge in [-0.15, -0.1) is 0 Å². The Balaban J connectivity index is 4.50. The van der Waals surface area contributed by atoms with Crippen molar-refractivity contribution in [2.75, 3.05) is 13.7 Å². The monoisotopic (exact) mass is 204 g/mol. The van der Waals surface area contributed by atoms with Crippen LogP contribution in [0.5, 0.6) is 0 Å². The SMILES string of the molecule is C=C(F)C(F)(F)C(F)(F)CCOC. The van der Waals surface area contributed by atoms with E-state index in [-0.39, 0.29) is 0 Å². The van der Waals surface area contributed by atoms with Gasteiger partial charge in [0, 0.05) is 13.5 Å². The van der Waals surface area contributed by atoms with Crippen LogP contribution in [0, 0.1) is 0 Å². The van der Waals surface area contributed by atoms with Gasteiger partial charge in [0.15, 0.2) is 5.83 Å². The summed E-state index contributed by atoms with van der Waals surface area (Å²) in [5.74, 6) is -11.6. The van der Waals surface area contributed by atoms with E-state index < -0.39 is 30.7 Å². The predicted molar refractivity (Wildman–Crippen MR) is 36.6 cm³/mol. The molecule has 0 radical (unpaired) electrons. The van der Waals surface area contributed by atoms with Gasteiger partial charge in [0.2, 0.25) is 0 Å². The molecule has 78 valence electrons. The highest BCUT2D eigenvalue weighted by molar-refractivity contribution is 5.05. The Labute approximate surface area is 72.2 Å². The first kappa shape index (κ1) is 12.3. The Morgan fingerprint density at radius 1 is 1.31 bits per heavy atom. The molecule has 6 heteroatoms. The summed E-state index contributed by atoms with van der Waals surface area (Å²) in [5, 5.41) is 0. The normalized spacial score (nSPS) is 13.1. The molecular weight excluding hydrogens is 195 g/mol. The molecule has 0 aliphatic rings. The van der Waals surface area contributed by atoms with E-state index in [1.54, 1.807) is 0 Å². The van der Waals surface area contributed by atoms with Crippen LogP contribution in [0.4, 0.5) is 22.0 Å². The fourth-order valence-electron chi connectivity index (χ4n) is 0.586. The van der Waals surface area contributed by atoms with E-state index in [1.807, 2.05) is 0 Å². The van der Waals surface area contributed by atoms with Gasteiger partial charge in [-0.1, -0.05) is 6.58 Å². The molecule has 0 aromatic heterocycles. The van der Waals surface area contributed by atoms with E-state index in [0.29, 0.717) is 0 Å². The standard InChI is InChI=1S/C7H9F5O/c1-5(8)7(11,12)6(9,10)3-4-13-2/h1,3-4H2,2H3. The molecule has 0 aromatic rings. The summed E-state index contributed by atoms with van der Waals surface area (Å²) in [6, 6.07) is 0. The van der Waals surface area contributed by atoms with Gasteiger partial charge in [-0.2, -0.15) is 17.6 Å². The molecule has 1 nitrogen and oxygen atoms in total. The van der Waals surface area contributed by atoms with Gasteiger partial charge >= 0.3 is 11.8 Å². The van der Waals surface area contributed by atoms with Crippen molar-refractivity contribution in [1.82, 2.24) is 0 Å². The Morgan fingerprint density at radius 3 is 2.08 bits per heavy atom. The Hall–Kier alpha value is -0.650. The van der Waals surface area contributed by atoms with Crippen molar-refractivity contribution in [3.05, 3.63) is 12.4 Å². The highest BCUT2D eigenvalue weighted by atomic mass is 19.3. The highest BCUT2D eigenvalue weighted by Crippen LogP contribution is 2.41. The van der Waals surface area contributed by atoms with E-state index in [1.165, 1.54) is 0 Å². The minimum Gasteiger partial charge on any atom is -0.384 e. The van der Waals surface area contributed by atoms with Crippen molar-refractivity contribution in [3.63, 3.8) is 0 Å². The number of ether oxygens (including phenoxy) is 1. The van der Waals surface area contributed by atoms with Gasteiger partial charge < -0.3 is 4.74 Å². The second-order valence-corrected chi connectivity index (χ2v) is 2.43. The first-order valence-electron chi connectivity index (χ1n) is 3.35. The third-order valence-corrected chi connectivity index (χ3v) is 1.42. The number of alkyl halides is 4. The quantitative estimate of drug-likeness (QED) is 0.625. The maximum Gasteiger partial charge on any atom is 0.360 e. The first-order valence-corrected chi connectivity index (χ1v) is 3.35. The lowest BCUT2D eigenvalue weighted by atomic mass is 10.1. The second-order valence-electron chi connectivity index (χ2n) is 2.43. The van der Waals surface area contributed by atoms with Gasteiger partial charge in [0.1, 0.15) is 0 Å². The average molecular weight is 204 g/mol. The Bertz CT molecular complexity index is 189. The topological polar surface area (TPSA) is 9.23 Å². The molecule has 13 heavy (non-hydrogen) atoms. The zero-order valence-electron chi connectivity index (χ0n) is 6.92. The van der Waals surface area contributed by atoms with Crippen molar-refractivity contribution < 1.29 is 26.7 Å². The van der Waals surface area contributed by atoms with Crippen molar-refractivity contribution in [2.45, 2.75) is 18.3 Å². The molecule has 0 saturated heterocycles. The number of methoxy groups -OCH3 is 1. The van der Waals surface area contributed by atoms with Crippen LogP contribution in [0.15, 0.2) is 12.4 Å². The van der Waals surface area contributed by atoms with Crippen molar-refractivity contribution in [3.8, 4) is 0 Å². The molecule has 0 aliphatic heterocycles. The van der Waals surface area contributed by atoms with E-state index in [2.05, 4.69) is 11.3 Å². The van der Waals surface area contributed by atoms with Crippen LogP contribution in [0.3, 0.4) is 0 Å². The van der Waals surface area contributed by atoms with E-state index >= 15 is 0 Å². The molecule has 0 rings (SSSR count). The molecule has 0 saturated carbocycles. The smallest absolute Gasteiger partial charge is 0.360 e. The number of halogens is 5. The van der Waals surface area contributed by atoms with Crippen molar-refractivity contribution in [2.24, 2.45) is 0 Å². The van der Waals surface area contributed by atoms with Crippen LogP contribution in [0.2, 0.25) is 0 Å². The molecule has 0 amide bonds. The molecule has 0 unspecified atom stereocenters. The van der Waals surface area contributed by atoms with Crippen molar-refractivity contribution in [1.29, 1.82) is 0 Å². The van der Waals surface area contributed by atoms with Gasteiger partial charge in [0.05, 0.1) is 6.61 Å². The summed E-state index contributed by atoms with van der Waals surface area (Å²) in [6.07, 6.45) is -1.25. The summed E-state index contributed by atoms with van der Waals surface area (Å²) in [5.41, 5.74) is 0. The van der Waals surface area contributed by atoms with Crippen LogP contribution in [0.1, 0.15) is 6.42 Å². The molecule has 0 aliphatic carbocycles. The molecule has 0 heterocycles. The molecule has 0 aromatic carbocycles. The minimum atomic E-state index is -4.83. The van der Waals surface area contributed by atoms with Crippen molar-refractivity contribution >= 4 is 0 Å². The number of hydrogen-bond acceptors (Lipinski definition) is 1. The van der Waals surface area contributed by atoms with Gasteiger partial charge in [-0.3, -0.25) is 0 Å². The molecular formula is C7H9F5O. The van der Waals surface area contributed by atoms with Crippen LogP contribution < -0.4 is 0 Å². The summed E-state index contributed by atoms with van der Waals surface area (Å²) < 4.78 is 65.9. The van der Waals surface area contributed by atoms with Gasteiger partial charge in [0.25, 0.3) is 0 Å². The van der Waals surface area contributed by atoms with Gasteiger partial charge in [-0.05, 0) is 0 Å². The highest BCUT2D eigenvalue weighted by Gasteiger charge is 2.58. The number of rotatable bonds is 5. The summed E-state index contributed by atoms with van der Waals surface area (Å²) in [4.78, 5) is 0. The summed E-state index contributed by atoms with van der Waals surface area (Å²) >= 11 is 0. The second kappa shape index (κ2) is 4.04. The fourth-order valence-corrected chi connectivity index (χ4v) is 0.586. The first-order chi connectivity index (χ1) is 5.75. The fraction of sp³-hybridized carbons (Fsp3) is 0.714. The molecule has 0 atom stereocenters. The zero-order valence-corrected chi connectivity index (χ0v) is 6.92. The Kier molecular flexibility index (Phi) is 3.84. The average Bonchev–Trinajstić information content (AvgIpc) is 2.00. The third-order valence-electron chi connectivity index (χ3n) is 1.42. The lowest BCUT2D eigenvalue weighted by Crippen LogP contribution is -2.41. The van der Waals surface area contributed by atoms with E-state index in [0.717, 1.165) is 7.11 Å². The lowest BCUT2D eigenvalue weighted by molar-refractivity contribution is -0.202. The van der Waals surface area contributed by atoms with Crippen LogP contribution in [0.25, 0.3) is 0 Å². The largest absolute Gasteiger partial charge is 0.384 e. The molecule has 0 N–H and O–H groups in total. The molecule has 0 spiro atoms. The predicted octanol–water partition coefficient (Wildman–Crippen LogP) is 2.78. The maximum atomic E-state index is 12.5. The van der Waals surface area contributed by atoms with E-state index in [9.17, 15) is 22.0 Å². The third kappa shape index (κ3) is 2.65. The van der Waals surface area contributed by atoms with Crippen LogP contribution in [-0.2, 0) is 4.74 Å². The summed E-state index contributed by atoms with van der Waals surface area (Å²) in [7, 11) is 1.08. The Morgan fingerprint density at radius 2 is 1.77 bits per heavy atom. The maximum absolute atomic E-state index is 12.5. The zero-order chi connectivity index (χ0) is 10.7. The van der Waals surface area contributed by atoms with E-state index in [4.69, 9.17) is 0 Å². The van der Waals surface area contributed by atoms with Crippen LogP contribution in [-0.4, -0.2) is 25.6 Å². The minimum absolute atomic E-state index is 0.574. The van der Waals surface area contributed by atoms with Crippen LogP contribution >= 0.6 is 0 Å². The number of allylic oxidation sites excluding steroid dienone is 1. The number of hydrogen-bond donors (Lipinski definition) is 0. The lowest BCUT2D eigenvalue weighted by Gasteiger charge is -2.24. The molecule has 0 fully saturated rings. The summed E-state index contributed by atoms with van der Waals surface area (Å²) in [6.45, 7) is 1.59.